The number of hydrogen-bond acceptors (Lipinski definition) is 8. The van der Waals surface area contributed by atoms with E-state index in [0.717, 1.165) is 29.7 Å². The number of pyridine rings is 2. The molecule has 0 amide bonds. The number of nitrogens with zero attached hydrogens (tertiary/aromatic N) is 4. The van der Waals surface area contributed by atoms with Crippen molar-refractivity contribution in [2.75, 3.05) is 13.1 Å². The van der Waals surface area contributed by atoms with Gasteiger partial charge in [0.15, 0.2) is 0 Å². The molecule has 1 saturated heterocycles. The number of fused-ring (bicyclic) bond motifs is 2. The number of nitriles is 1. The van der Waals surface area contributed by atoms with Gasteiger partial charge in [-0.25, -0.2) is 9.97 Å². The number of carboxylic acid groups (broad SMARTS) is 2. The number of likely N-dealkylation sites (tertiary alicyclic amines) is 1. The predicted molar refractivity (Wildman–Crippen MR) is 142 cm³/mol. The number of rotatable bonds is 2. The van der Waals surface area contributed by atoms with E-state index in [9.17, 15) is 19.8 Å². The molecule has 2 aromatic carbocycles. The fourth-order valence-electron chi connectivity index (χ4n) is 3.59. The molecule has 39 heavy (non-hydrogen) atoms. The quantitative estimate of drug-likeness (QED) is 0.216. The summed E-state index contributed by atoms with van der Waals surface area (Å²) < 4.78 is 0. The van der Waals surface area contributed by atoms with E-state index < -0.39 is 11.9 Å². The van der Waals surface area contributed by atoms with Crippen LogP contribution in [0, 0.1) is 16.7 Å². The van der Waals surface area contributed by atoms with E-state index in [4.69, 9.17) is 10.7 Å². The van der Waals surface area contributed by atoms with E-state index in [-0.39, 0.29) is 30.9 Å². The Bertz CT molecular complexity index is 1340. The minimum Gasteiger partial charge on any atom is -0.543 e. The Kier molecular flexibility index (Phi) is 14.6. The van der Waals surface area contributed by atoms with Crippen molar-refractivity contribution >= 4 is 39.6 Å². The third kappa shape index (κ3) is 11.0. The summed E-state index contributed by atoms with van der Waals surface area (Å²) in [5, 5.41) is 37.4. The molecule has 0 aliphatic carbocycles. The Morgan fingerprint density at radius 2 is 1.18 bits per heavy atom. The van der Waals surface area contributed by atoms with Crippen molar-refractivity contribution in [3.63, 3.8) is 0 Å². The SMILES string of the molecule is CC#N.CC(=N)N1CCCCC1.O=C([O-])c1ccc2ccccc2n1.O=C([O-])c1ccc2ccccc2n1.[Zn+2]. The number of carbonyl (C=O) groups excluding carboxylic acids is 2. The van der Waals surface area contributed by atoms with Gasteiger partial charge in [0.1, 0.15) is 0 Å². The Balaban J connectivity index is 0.000000279. The second-order valence-electron chi connectivity index (χ2n) is 8.21. The van der Waals surface area contributed by atoms with Gasteiger partial charge in [0.25, 0.3) is 0 Å². The number of para-hydroxylation sites is 2. The summed E-state index contributed by atoms with van der Waals surface area (Å²) in [4.78, 5) is 30.9. The van der Waals surface area contributed by atoms with Crippen molar-refractivity contribution in [1.29, 1.82) is 10.7 Å². The van der Waals surface area contributed by atoms with Gasteiger partial charge in [0.2, 0.25) is 0 Å². The summed E-state index contributed by atoms with van der Waals surface area (Å²) in [5.74, 6) is -1.76. The number of carbonyl (C=O) groups is 2. The van der Waals surface area contributed by atoms with Crippen LogP contribution in [0.5, 0.6) is 0 Å². The molecule has 3 heterocycles. The van der Waals surface area contributed by atoms with Crippen molar-refractivity contribution in [2.24, 2.45) is 0 Å². The Hall–Kier alpha value is -4.22. The van der Waals surface area contributed by atoms with Crippen molar-refractivity contribution < 1.29 is 39.3 Å². The molecule has 0 spiro atoms. The van der Waals surface area contributed by atoms with Crippen LogP contribution >= 0.6 is 0 Å². The van der Waals surface area contributed by atoms with Crippen LogP contribution in [0.4, 0.5) is 0 Å². The van der Waals surface area contributed by atoms with Crippen molar-refractivity contribution in [3.05, 3.63) is 84.2 Å². The Labute approximate surface area is 240 Å². The molecule has 1 aliphatic heterocycles. The minimum atomic E-state index is -1.24. The fourth-order valence-corrected chi connectivity index (χ4v) is 3.59. The molecule has 0 bridgehead atoms. The van der Waals surface area contributed by atoms with Gasteiger partial charge >= 0.3 is 19.5 Å². The summed E-state index contributed by atoms with van der Waals surface area (Å²) in [7, 11) is 0. The number of aromatic carboxylic acids is 2. The van der Waals surface area contributed by atoms with Gasteiger partial charge in [-0.1, -0.05) is 48.5 Å². The first-order valence-corrected chi connectivity index (χ1v) is 12.0. The predicted octanol–water partition coefficient (Wildman–Crippen LogP) is 3.19. The van der Waals surface area contributed by atoms with Crippen LogP contribution in [0.2, 0.25) is 0 Å². The van der Waals surface area contributed by atoms with Crippen LogP contribution in [0.3, 0.4) is 0 Å². The average Bonchev–Trinajstić information content (AvgIpc) is 2.94. The normalized spacial score (nSPS) is 11.6. The molecule has 5 rings (SSSR count). The van der Waals surface area contributed by atoms with Crippen molar-refractivity contribution in [2.45, 2.75) is 33.1 Å². The molecule has 9 nitrogen and oxygen atoms in total. The third-order valence-electron chi connectivity index (χ3n) is 5.45. The smallest absolute Gasteiger partial charge is 0.543 e. The minimum absolute atomic E-state index is 0. The molecule has 1 fully saturated rings. The second kappa shape index (κ2) is 17.3. The van der Waals surface area contributed by atoms with Gasteiger partial charge in [-0.3, -0.25) is 5.41 Å². The number of aromatic nitrogens is 2. The van der Waals surface area contributed by atoms with Crippen LogP contribution in [0.1, 0.15) is 54.1 Å². The molecule has 196 valence electrons. The number of nitrogens with one attached hydrogen (secondary N) is 1. The number of carboxylic acids is 2. The topological polar surface area (TPSA) is 157 Å². The Morgan fingerprint density at radius 1 is 0.795 bits per heavy atom. The molecule has 1 aliphatic rings. The molecular weight excluding hydrogens is 548 g/mol. The van der Waals surface area contributed by atoms with Crippen LogP contribution < -0.4 is 10.2 Å². The third-order valence-corrected chi connectivity index (χ3v) is 5.45. The molecule has 0 atom stereocenters. The van der Waals surface area contributed by atoms with Crippen LogP contribution in [-0.4, -0.2) is 45.7 Å². The molecule has 1 N–H and O–H groups in total. The van der Waals surface area contributed by atoms with Crippen LogP contribution in [0.15, 0.2) is 72.8 Å². The van der Waals surface area contributed by atoms with E-state index in [1.54, 1.807) is 30.3 Å². The maximum Gasteiger partial charge on any atom is 2.00 e. The van der Waals surface area contributed by atoms with E-state index in [1.165, 1.54) is 38.3 Å². The molecule has 0 unspecified atom stereocenters. The molecule has 0 radical (unpaired) electrons. The summed E-state index contributed by atoms with van der Waals surface area (Å²) >= 11 is 0. The number of benzene rings is 2. The average molecular weight is 577 g/mol. The Morgan fingerprint density at radius 3 is 1.51 bits per heavy atom. The first-order chi connectivity index (χ1) is 18.3. The van der Waals surface area contributed by atoms with Crippen LogP contribution in [-0.2, 0) is 19.5 Å². The zero-order valence-electron chi connectivity index (χ0n) is 22.1. The van der Waals surface area contributed by atoms with Gasteiger partial charge in [0, 0.05) is 30.8 Å². The van der Waals surface area contributed by atoms with Gasteiger partial charge in [-0.15, -0.1) is 0 Å². The zero-order chi connectivity index (χ0) is 27.9. The van der Waals surface area contributed by atoms with E-state index >= 15 is 0 Å². The summed E-state index contributed by atoms with van der Waals surface area (Å²) in [6.07, 6.45) is 3.90. The van der Waals surface area contributed by atoms with Crippen molar-refractivity contribution in [1.82, 2.24) is 14.9 Å². The van der Waals surface area contributed by atoms with E-state index in [0.29, 0.717) is 11.0 Å². The van der Waals surface area contributed by atoms with Crippen molar-refractivity contribution in [3.8, 4) is 6.07 Å². The van der Waals surface area contributed by atoms with Crippen LogP contribution in [0.25, 0.3) is 21.8 Å². The molecule has 10 heteroatoms. The van der Waals surface area contributed by atoms with Gasteiger partial charge < -0.3 is 24.7 Å². The first-order valence-electron chi connectivity index (χ1n) is 12.0. The molecular formula is C29H29N5O4Zn. The fraction of sp³-hybridized carbons (Fsp3) is 0.241. The molecule has 2 aromatic heterocycles. The second-order valence-corrected chi connectivity index (χ2v) is 8.21. The summed E-state index contributed by atoms with van der Waals surface area (Å²) in [5.41, 5.74) is 1.28. The summed E-state index contributed by atoms with van der Waals surface area (Å²) in [6.45, 7) is 5.51. The first kappa shape index (κ1) is 32.8. The van der Waals surface area contributed by atoms with Gasteiger partial charge in [0.05, 0.1) is 46.3 Å². The maximum atomic E-state index is 10.5. The van der Waals surface area contributed by atoms with Gasteiger partial charge in [-0.05, 0) is 50.5 Å². The molecule has 0 saturated carbocycles. The van der Waals surface area contributed by atoms with Gasteiger partial charge in [-0.2, -0.15) is 5.26 Å². The van der Waals surface area contributed by atoms with E-state index in [2.05, 4.69) is 14.9 Å². The summed E-state index contributed by atoms with van der Waals surface area (Å²) in [6, 6.07) is 22.7. The monoisotopic (exact) mass is 575 g/mol. The standard InChI is InChI=1S/2C10H7NO2.C7H14N2.C2H3N.Zn/c2*12-10(13)9-6-5-7-3-1-2-4-8(7)11-9;1-7(8)9-5-3-2-4-6-9;1-2-3;/h2*1-6H,(H,12,13);8H,2-6H2,1H3;1H3;/q;;;;+2/p-2. The zero-order valence-corrected chi connectivity index (χ0v) is 25.1. The largest absolute Gasteiger partial charge is 2.00 e. The number of hydrogen-bond donors (Lipinski definition) is 1. The molecule has 4 aromatic rings. The number of amidine groups is 1. The van der Waals surface area contributed by atoms with E-state index in [1.807, 2.05) is 43.3 Å². The maximum absolute atomic E-state index is 10.5. The number of piperidine rings is 1.